The maximum atomic E-state index is 4.58. The molecular weight excluding hydrogens is 234 g/mol. The van der Waals surface area contributed by atoms with Crippen molar-refractivity contribution in [3.63, 3.8) is 0 Å². The van der Waals surface area contributed by atoms with Gasteiger partial charge in [0.2, 0.25) is 0 Å². The van der Waals surface area contributed by atoms with Crippen LogP contribution < -0.4 is 0 Å². The van der Waals surface area contributed by atoms with E-state index in [4.69, 9.17) is 0 Å². The van der Waals surface area contributed by atoms with E-state index in [2.05, 4.69) is 37.8 Å². The van der Waals surface area contributed by atoms with E-state index in [-0.39, 0.29) is 0 Å². The highest BCUT2D eigenvalue weighted by Gasteiger charge is 2.34. The van der Waals surface area contributed by atoms with Crippen LogP contribution in [0, 0.1) is 5.41 Å². The molecule has 1 atom stereocenters. The third-order valence-electron chi connectivity index (χ3n) is 4.08. The summed E-state index contributed by atoms with van der Waals surface area (Å²) in [5.74, 6) is 2.34. The van der Waals surface area contributed by atoms with Gasteiger partial charge in [0.15, 0.2) is 0 Å². The first-order chi connectivity index (χ1) is 7.63. The molecule has 0 saturated heterocycles. The molecule has 1 aliphatic carbocycles. The average Bonchev–Trinajstić information content (AvgIpc) is 2.75. The monoisotopic (exact) mass is 261 g/mol. The topological polar surface area (TPSA) is 3.24 Å². The van der Waals surface area contributed by atoms with Crippen molar-refractivity contribution >= 4 is 24.4 Å². The first-order valence-electron chi connectivity index (χ1n) is 6.43. The summed E-state index contributed by atoms with van der Waals surface area (Å²) >= 11 is 6.54. The van der Waals surface area contributed by atoms with E-state index < -0.39 is 0 Å². The molecule has 0 N–H and O–H groups in total. The van der Waals surface area contributed by atoms with Gasteiger partial charge in [-0.1, -0.05) is 12.8 Å². The summed E-state index contributed by atoms with van der Waals surface area (Å²) in [5.41, 5.74) is 0.519. The fourth-order valence-corrected chi connectivity index (χ4v) is 3.68. The smallest absolute Gasteiger partial charge is 0.00719 e. The van der Waals surface area contributed by atoms with Crippen LogP contribution in [-0.4, -0.2) is 42.3 Å². The Hall–Kier alpha value is 0.660. The highest BCUT2D eigenvalue weighted by molar-refractivity contribution is 7.98. The quantitative estimate of drug-likeness (QED) is 0.698. The van der Waals surface area contributed by atoms with Crippen LogP contribution in [0.4, 0.5) is 0 Å². The minimum atomic E-state index is 0.519. The minimum Gasteiger partial charge on any atom is -0.303 e. The molecule has 0 aliphatic heterocycles. The van der Waals surface area contributed by atoms with E-state index in [9.17, 15) is 0 Å². The second-order valence-corrected chi connectivity index (χ2v) is 6.71. The SMILES string of the molecule is CSCCC(C)N(C)CC1(CS)CCCC1. The van der Waals surface area contributed by atoms with Gasteiger partial charge in [0.05, 0.1) is 0 Å². The van der Waals surface area contributed by atoms with E-state index in [0.717, 1.165) is 5.75 Å². The predicted octanol–water partition coefficient (Wildman–Crippen LogP) is 3.55. The summed E-state index contributed by atoms with van der Waals surface area (Å²) in [6.45, 7) is 3.60. The van der Waals surface area contributed by atoms with E-state index in [1.54, 1.807) is 0 Å². The number of nitrogens with zero attached hydrogens (tertiary/aromatic N) is 1. The van der Waals surface area contributed by atoms with E-state index >= 15 is 0 Å². The van der Waals surface area contributed by atoms with E-state index in [1.165, 1.54) is 44.4 Å². The van der Waals surface area contributed by atoms with Crippen molar-refractivity contribution in [3.8, 4) is 0 Å². The molecule has 1 unspecified atom stereocenters. The average molecular weight is 262 g/mol. The minimum absolute atomic E-state index is 0.519. The number of thiol groups is 1. The van der Waals surface area contributed by atoms with Gasteiger partial charge in [-0.05, 0) is 56.4 Å². The molecular formula is C13H27NS2. The van der Waals surface area contributed by atoms with Crippen LogP contribution >= 0.6 is 24.4 Å². The zero-order valence-electron chi connectivity index (χ0n) is 11.0. The van der Waals surface area contributed by atoms with Crippen molar-refractivity contribution in [2.24, 2.45) is 5.41 Å². The van der Waals surface area contributed by atoms with Gasteiger partial charge in [0.25, 0.3) is 0 Å². The predicted molar refractivity (Wildman–Crippen MR) is 79.8 cm³/mol. The molecule has 0 amide bonds. The van der Waals surface area contributed by atoms with Crippen LogP contribution in [0.5, 0.6) is 0 Å². The van der Waals surface area contributed by atoms with Crippen molar-refractivity contribution in [1.82, 2.24) is 4.90 Å². The Labute approximate surface area is 111 Å². The van der Waals surface area contributed by atoms with Gasteiger partial charge in [-0.2, -0.15) is 24.4 Å². The van der Waals surface area contributed by atoms with Gasteiger partial charge in [0.1, 0.15) is 0 Å². The van der Waals surface area contributed by atoms with Crippen LogP contribution in [0.3, 0.4) is 0 Å². The van der Waals surface area contributed by atoms with E-state index in [1.807, 2.05) is 11.8 Å². The molecule has 0 spiro atoms. The van der Waals surface area contributed by atoms with Crippen LogP contribution in [0.15, 0.2) is 0 Å². The zero-order chi connectivity index (χ0) is 12.0. The number of hydrogen-bond donors (Lipinski definition) is 1. The third kappa shape index (κ3) is 4.15. The standard InChI is InChI=1S/C13H27NS2/c1-12(6-9-16-3)14(2)10-13(11-15)7-4-5-8-13/h12,15H,4-11H2,1-3H3. The molecule has 0 bridgehead atoms. The lowest BCUT2D eigenvalue weighted by molar-refractivity contribution is 0.160. The Morgan fingerprint density at radius 2 is 2.00 bits per heavy atom. The highest BCUT2D eigenvalue weighted by atomic mass is 32.2. The summed E-state index contributed by atoms with van der Waals surface area (Å²) in [6, 6.07) is 0.713. The molecule has 0 radical (unpaired) electrons. The maximum absolute atomic E-state index is 4.58. The molecule has 1 fully saturated rings. The van der Waals surface area contributed by atoms with Crippen molar-refractivity contribution < 1.29 is 0 Å². The molecule has 0 aromatic rings. The molecule has 0 heterocycles. The number of rotatable bonds is 7. The number of hydrogen-bond acceptors (Lipinski definition) is 3. The van der Waals surface area contributed by atoms with E-state index in [0.29, 0.717) is 11.5 Å². The molecule has 3 heteroatoms. The Balaban J connectivity index is 2.38. The van der Waals surface area contributed by atoms with Crippen LogP contribution in [0.25, 0.3) is 0 Å². The largest absolute Gasteiger partial charge is 0.303 e. The van der Waals surface area contributed by atoms with Crippen LogP contribution in [0.1, 0.15) is 39.0 Å². The van der Waals surface area contributed by atoms with Gasteiger partial charge < -0.3 is 4.90 Å². The normalized spacial score (nSPS) is 21.6. The van der Waals surface area contributed by atoms with Crippen molar-refractivity contribution in [1.29, 1.82) is 0 Å². The van der Waals surface area contributed by atoms with Gasteiger partial charge in [-0.3, -0.25) is 0 Å². The summed E-state index contributed by atoms with van der Waals surface area (Å²) in [6.07, 6.45) is 9.09. The Kier molecular flexibility index (Phi) is 6.60. The zero-order valence-corrected chi connectivity index (χ0v) is 12.7. The van der Waals surface area contributed by atoms with Gasteiger partial charge >= 0.3 is 0 Å². The Bertz CT molecular complexity index is 190. The fraction of sp³-hybridized carbons (Fsp3) is 1.00. The molecule has 0 aromatic heterocycles. The summed E-state index contributed by atoms with van der Waals surface area (Å²) < 4.78 is 0. The van der Waals surface area contributed by atoms with Gasteiger partial charge in [0, 0.05) is 12.6 Å². The summed E-state index contributed by atoms with van der Waals surface area (Å²) in [7, 11) is 2.29. The first kappa shape index (κ1) is 14.7. The molecule has 16 heavy (non-hydrogen) atoms. The molecule has 0 aromatic carbocycles. The Morgan fingerprint density at radius 3 is 2.50 bits per heavy atom. The van der Waals surface area contributed by atoms with Crippen LogP contribution in [0.2, 0.25) is 0 Å². The molecule has 96 valence electrons. The van der Waals surface area contributed by atoms with Crippen molar-refractivity contribution in [3.05, 3.63) is 0 Å². The van der Waals surface area contributed by atoms with Crippen LogP contribution in [-0.2, 0) is 0 Å². The first-order valence-corrected chi connectivity index (χ1v) is 8.46. The van der Waals surface area contributed by atoms with Gasteiger partial charge in [-0.25, -0.2) is 0 Å². The second-order valence-electron chi connectivity index (χ2n) is 5.41. The lowest BCUT2D eigenvalue weighted by Gasteiger charge is -2.35. The molecule has 1 rings (SSSR count). The highest BCUT2D eigenvalue weighted by Crippen LogP contribution is 2.39. The van der Waals surface area contributed by atoms with Crippen molar-refractivity contribution in [2.45, 2.75) is 45.1 Å². The summed E-state index contributed by atoms with van der Waals surface area (Å²) in [5, 5.41) is 0. The van der Waals surface area contributed by atoms with Gasteiger partial charge in [-0.15, -0.1) is 0 Å². The van der Waals surface area contributed by atoms with Crippen molar-refractivity contribution in [2.75, 3.05) is 31.4 Å². The summed E-state index contributed by atoms with van der Waals surface area (Å²) in [4.78, 5) is 2.55. The Morgan fingerprint density at radius 1 is 1.38 bits per heavy atom. The second kappa shape index (κ2) is 7.17. The maximum Gasteiger partial charge on any atom is 0.00719 e. The molecule has 1 aliphatic rings. The fourth-order valence-electron chi connectivity index (χ4n) is 2.68. The third-order valence-corrected chi connectivity index (χ3v) is 5.39. The molecule has 1 nitrogen and oxygen atoms in total. The molecule has 1 saturated carbocycles. The lowest BCUT2D eigenvalue weighted by Crippen LogP contribution is -2.40. The number of thioether (sulfide) groups is 1. The lowest BCUT2D eigenvalue weighted by atomic mass is 9.87.